The Morgan fingerprint density at radius 2 is 2.19 bits per heavy atom. The van der Waals surface area contributed by atoms with E-state index >= 15 is 0 Å². The topological polar surface area (TPSA) is 56.7 Å². The molecule has 4 heteroatoms. The summed E-state index contributed by atoms with van der Waals surface area (Å²) in [5.41, 5.74) is 7.55. The molecule has 0 spiro atoms. The van der Waals surface area contributed by atoms with Crippen LogP contribution in [0.5, 0.6) is 0 Å². The summed E-state index contributed by atoms with van der Waals surface area (Å²) in [6.45, 7) is 0. The number of aryl methyl sites for hydroxylation is 1. The van der Waals surface area contributed by atoms with Crippen molar-refractivity contribution in [2.24, 2.45) is 7.05 Å². The van der Waals surface area contributed by atoms with E-state index < -0.39 is 0 Å². The Balaban J connectivity index is 2.04. The summed E-state index contributed by atoms with van der Waals surface area (Å²) >= 11 is 0. The SMILES string of the molecule is Cn1nc(C2CC2)nc1-c1cccc(N)c1. The normalized spacial score (nSPS) is 15.3. The number of hydrogen-bond donors (Lipinski definition) is 1. The second-order valence-corrected chi connectivity index (χ2v) is 4.32. The number of hydrogen-bond acceptors (Lipinski definition) is 3. The smallest absolute Gasteiger partial charge is 0.158 e. The minimum Gasteiger partial charge on any atom is -0.399 e. The lowest BCUT2D eigenvalue weighted by molar-refractivity contribution is 0.750. The molecule has 82 valence electrons. The summed E-state index contributed by atoms with van der Waals surface area (Å²) in [6.07, 6.45) is 2.45. The number of aromatic nitrogens is 3. The molecule has 0 aliphatic heterocycles. The van der Waals surface area contributed by atoms with Crippen molar-refractivity contribution >= 4 is 5.69 Å². The van der Waals surface area contributed by atoms with Gasteiger partial charge in [-0.05, 0) is 25.0 Å². The van der Waals surface area contributed by atoms with Gasteiger partial charge in [0.1, 0.15) is 0 Å². The predicted octanol–water partition coefficient (Wildman–Crippen LogP) is 1.94. The van der Waals surface area contributed by atoms with Gasteiger partial charge in [0.2, 0.25) is 0 Å². The molecule has 0 unspecified atom stereocenters. The molecule has 1 saturated carbocycles. The summed E-state index contributed by atoms with van der Waals surface area (Å²) < 4.78 is 1.84. The Labute approximate surface area is 94.1 Å². The Bertz CT molecular complexity index is 526. The number of benzene rings is 1. The number of nitrogens with zero attached hydrogens (tertiary/aromatic N) is 3. The van der Waals surface area contributed by atoms with Crippen molar-refractivity contribution in [1.29, 1.82) is 0 Å². The fraction of sp³-hybridized carbons (Fsp3) is 0.333. The van der Waals surface area contributed by atoms with E-state index in [0.29, 0.717) is 5.92 Å². The van der Waals surface area contributed by atoms with Crippen LogP contribution < -0.4 is 5.73 Å². The zero-order valence-corrected chi connectivity index (χ0v) is 9.22. The molecule has 1 aliphatic carbocycles. The molecule has 0 amide bonds. The van der Waals surface area contributed by atoms with Crippen LogP contribution >= 0.6 is 0 Å². The Kier molecular flexibility index (Phi) is 1.96. The third kappa shape index (κ3) is 1.56. The third-order valence-corrected chi connectivity index (χ3v) is 2.87. The summed E-state index contributed by atoms with van der Waals surface area (Å²) in [7, 11) is 1.93. The largest absolute Gasteiger partial charge is 0.399 e. The molecule has 16 heavy (non-hydrogen) atoms. The van der Waals surface area contributed by atoms with Crippen LogP contribution in [0.1, 0.15) is 24.6 Å². The quantitative estimate of drug-likeness (QED) is 0.777. The highest BCUT2D eigenvalue weighted by molar-refractivity contribution is 5.61. The zero-order valence-electron chi connectivity index (χ0n) is 9.22. The van der Waals surface area contributed by atoms with Gasteiger partial charge in [-0.3, -0.25) is 0 Å². The van der Waals surface area contributed by atoms with Gasteiger partial charge < -0.3 is 5.73 Å². The predicted molar refractivity (Wildman–Crippen MR) is 62.8 cm³/mol. The molecular weight excluding hydrogens is 200 g/mol. The summed E-state index contributed by atoms with van der Waals surface area (Å²) in [4.78, 5) is 4.58. The number of nitrogens with two attached hydrogens (primary N) is 1. The van der Waals surface area contributed by atoms with Crippen molar-refractivity contribution in [1.82, 2.24) is 14.8 Å². The minimum atomic E-state index is 0.584. The van der Waals surface area contributed by atoms with Crippen LogP contribution in [0.2, 0.25) is 0 Å². The molecule has 1 aromatic heterocycles. The van der Waals surface area contributed by atoms with Gasteiger partial charge in [-0.15, -0.1) is 0 Å². The molecule has 0 bridgehead atoms. The Morgan fingerprint density at radius 3 is 2.88 bits per heavy atom. The van der Waals surface area contributed by atoms with Crippen molar-refractivity contribution < 1.29 is 0 Å². The minimum absolute atomic E-state index is 0.584. The van der Waals surface area contributed by atoms with Gasteiger partial charge in [-0.25, -0.2) is 9.67 Å². The molecule has 2 N–H and O–H groups in total. The maximum atomic E-state index is 5.77. The van der Waals surface area contributed by atoms with Crippen LogP contribution in [0.15, 0.2) is 24.3 Å². The van der Waals surface area contributed by atoms with Crippen LogP contribution in [-0.2, 0) is 7.05 Å². The second-order valence-electron chi connectivity index (χ2n) is 4.32. The first kappa shape index (κ1) is 9.39. The highest BCUT2D eigenvalue weighted by Gasteiger charge is 2.28. The van der Waals surface area contributed by atoms with Crippen molar-refractivity contribution in [3.63, 3.8) is 0 Å². The third-order valence-electron chi connectivity index (χ3n) is 2.87. The van der Waals surface area contributed by atoms with Crippen molar-refractivity contribution in [2.75, 3.05) is 5.73 Å². The van der Waals surface area contributed by atoms with Gasteiger partial charge in [-0.2, -0.15) is 5.10 Å². The van der Waals surface area contributed by atoms with E-state index in [1.807, 2.05) is 36.0 Å². The van der Waals surface area contributed by atoms with E-state index in [9.17, 15) is 0 Å². The van der Waals surface area contributed by atoms with Crippen LogP contribution in [0.4, 0.5) is 5.69 Å². The number of anilines is 1. The molecule has 0 atom stereocenters. The van der Waals surface area contributed by atoms with E-state index in [1.165, 1.54) is 12.8 Å². The first-order chi connectivity index (χ1) is 7.74. The van der Waals surface area contributed by atoms with Gasteiger partial charge in [0.15, 0.2) is 11.6 Å². The van der Waals surface area contributed by atoms with Gasteiger partial charge >= 0.3 is 0 Å². The van der Waals surface area contributed by atoms with E-state index in [-0.39, 0.29) is 0 Å². The van der Waals surface area contributed by atoms with Crippen molar-refractivity contribution in [3.05, 3.63) is 30.1 Å². The van der Waals surface area contributed by atoms with E-state index in [0.717, 1.165) is 22.9 Å². The lowest BCUT2D eigenvalue weighted by Crippen LogP contribution is -1.95. The lowest BCUT2D eigenvalue weighted by atomic mass is 10.2. The van der Waals surface area contributed by atoms with Crippen LogP contribution in [0.25, 0.3) is 11.4 Å². The molecule has 4 nitrogen and oxygen atoms in total. The maximum Gasteiger partial charge on any atom is 0.158 e. The molecule has 1 heterocycles. The average Bonchev–Trinajstić information content (AvgIpc) is 3.02. The zero-order chi connectivity index (χ0) is 11.1. The van der Waals surface area contributed by atoms with Crippen molar-refractivity contribution in [3.8, 4) is 11.4 Å². The first-order valence-corrected chi connectivity index (χ1v) is 5.51. The van der Waals surface area contributed by atoms with E-state index in [4.69, 9.17) is 5.73 Å². The standard InChI is InChI=1S/C12H14N4/c1-16-12(9-3-2-4-10(13)7-9)14-11(15-16)8-5-6-8/h2-4,7-8H,5-6,13H2,1H3. The highest BCUT2D eigenvalue weighted by atomic mass is 15.3. The van der Waals surface area contributed by atoms with Gasteiger partial charge in [0, 0.05) is 24.2 Å². The van der Waals surface area contributed by atoms with E-state index in [2.05, 4.69) is 10.1 Å². The lowest BCUT2D eigenvalue weighted by Gasteiger charge is -2.00. The summed E-state index contributed by atoms with van der Waals surface area (Å²) in [6, 6.07) is 7.76. The molecule has 0 radical (unpaired) electrons. The van der Waals surface area contributed by atoms with Crippen molar-refractivity contribution in [2.45, 2.75) is 18.8 Å². The van der Waals surface area contributed by atoms with Gasteiger partial charge in [0.25, 0.3) is 0 Å². The highest BCUT2D eigenvalue weighted by Crippen LogP contribution is 2.38. The van der Waals surface area contributed by atoms with E-state index in [1.54, 1.807) is 0 Å². The van der Waals surface area contributed by atoms with Crippen LogP contribution in [0, 0.1) is 0 Å². The molecular formula is C12H14N4. The fourth-order valence-corrected chi connectivity index (χ4v) is 1.85. The summed E-state index contributed by atoms with van der Waals surface area (Å²) in [5.74, 6) is 2.45. The summed E-state index contributed by atoms with van der Waals surface area (Å²) in [5, 5.41) is 4.44. The molecule has 2 aromatic rings. The monoisotopic (exact) mass is 214 g/mol. The van der Waals surface area contributed by atoms with Crippen LogP contribution in [-0.4, -0.2) is 14.8 Å². The van der Waals surface area contributed by atoms with Crippen LogP contribution in [0.3, 0.4) is 0 Å². The van der Waals surface area contributed by atoms with Gasteiger partial charge in [0.05, 0.1) is 0 Å². The van der Waals surface area contributed by atoms with Gasteiger partial charge in [-0.1, -0.05) is 12.1 Å². The Morgan fingerprint density at radius 1 is 1.38 bits per heavy atom. The maximum absolute atomic E-state index is 5.77. The molecule has 1 aliphatic rings. The molecule has 1 fully saturated rings. The molecule has 1 aromatic carbocycles. The average molecular weight is 214 g/mol. The number of rotatable bonds is 2. The molecule has 3 rings (SSSR count). The number of nitrogen functional groups attached to an aromatic ring is 1. The fourth-order valence-electron chi connectivity index (χ4n) is 1.85. The first-order valence-electron chi connectivity index (χ1n) is 5.51. The molecule has 0 saturated heterocycles. The Hall–Kier alpha value is -1.84. The second kappa shape index (κ2) is 3.33.